The number of rotatable bonds is 42. The number of aliphatic hydroxyl groups is 1. The summed E-state index contributed by atoms with van der Waals surface area (Å²) in [6, 6.07) is 52.9. The number of amides is 3. The van der Waals surface area contributed by atoms with Gasteiger partial charge in [-0.1, -0.05) is 135 Å². The van der Waals surface area contributed by atoms with Gasteiger partial charge in [0.1, 0.15) is 73.1 Å². The summed E-state index contributed by atoms with van der Waals surface area (Å²) in [7, 11) is -33.0. The zero-order valence-electron chi connectivity index (χ0n) is 76.5. The predicted molar refractivity (Wildman–Crippen MR) is 504 cm³/mol. The number of unbranched alkanes of at least 4 members (excludes halogenated alkanes) is 1. The van der Waals surface area contributed by atoms with E-state index in [0.29, 0.717) is 12.1 Å². The zero-order chi connectivity index (χ0) is 108. The fourth-order valence-corrected chi connectivity index (χ4v) is 22.2. The zero-order valence-corrected chi connectivity index (χ0v) is 84.1. The minimum Gasteiger partial charge on any atom is -0.778 e. The van der Waals surface area contributed by atoms with Crippen LogP contribution < -0.4 is 93.2 Å². The molecule has 62 heteroatoms. The van der Waals surface area contributed by atoms with Crippen LogP contribution in [0.5, 0.6) is 17.2 Å². The molecule has 3 aromatic heterocycles. The van der Waals surface area contributed by atoms with Gasteiger partial charge in [0.2, 0.25) is 5.91 Å². The highest BCUT2D eigenvalue weighted by atomic mass is 127. The molecule has 13 rings (SSSR count). The van der Waals surface area contributed by atoms with E-state index in [-0.39, 0.29) is 62.8 Å². The summed E-state index contributed by atoms with van der Waals surface area (Å²) in [5, 5.41) is 35.5. The van der Waals surface area contributed by atoms with Crippen molar-refractivity contribution in [3.63, 3.8) is 0 Å². The topological polar surface area (TPSA) is 799 Å². The van der Waals surface area contributed by atoms with E-state index in [1.54, 1.807) is 120 Å². The number of hydrogen-bond acceptors (Lipinski definition) is 46. The number of aliphatic hydroxyl groups excluding tert-OH is 1. The maximum absolute atomic E-state index is 13.2. The Bertz CT molecular complexity index is 6940. The number of aromatic amines is 1. The molecule has 0 spiro atoms. The second-order valence-electron chi connectivity index (χ2n) is 31.0. The first-order valence-electron chi connectivity index (χ1n) is 43.4. The fourth-order valence-electron chi connectivity index (χ4n) is 13.5. The van der Waals surface area contributed by atoms with Crippen LogP contribution in [-0.4, -0.2) is 191 Å². The summed E-state index contributed by atoms with van der Waals surface area (Å²) in [5.41, 5.74) is 1.98. The first-order valence-corrected chi connectivity index (χ1v) is 53.8. The van der Waals surface area contributed by atoms with Gasteiger partial charge in [-0.15, -0.1) is 0 Å². The van der Waals surface area contributed by atoms with Gasteiger partial charge in [0, 0.05) is 51.8 Å². The number of aromatic nitrogens is 6. The summed E-state index contributed by atoms with van der Waals surface area (Å²) in [4.78, 5) is 246. The Morgan fingerprint density at radius 2 is 0.866 bits per heavy atom. The number of phosphoric acid groups is 3. The van der Waals surface area contributed by atoms with E-state index >= 15 is 0 Å². The molecule has 3 saturated heterocycles. The van der Waals surface area contributed by atoms with Crippen LogP contribution in [0.15, 0.2) is 262 Å². The molecule has 3 aliphatic heterocycles. The molecule has 3 amide bonds. The SMILES string of the molecule is CCCCC(=O)Nc1ccn([C@@H]2O[C@H](COP(=O)([O-])OP(=O)([O-])CC(=O)O)[C@H](OC(=O)Oc3ccccc3)C2OC(=O)Oc2ccccc2)c(=O)n1.NC(CCCP(=O)([O-])OP(=O)([O-])OC[C@H]1O[C@@H](n2ccc(NC(=O)Nc3ccccc3)nc2=O)C(OC(=O)Oc2ccccc2)[C@H]1O)C(=O)O.O=C(OC1[C@@H](OC(=O)c2ccccc2)[C@@H](COP(=O)([O-])OP(=O)([O-])c2ccccc2I)O[C@H]1n1ccc(=O)[nH]c1=O)c1ccccc1. The highest BCUT2D eigenvalue weighted by molar-refractivity contribution is 14.1. The Morgan fingerprint density at radius 1 is 0.470 bits per heavy atom. The number of esters is 2. The normalized spacial score (nSPS) is 21.2. The van der Waals surface area contributed by atoms with E-state index < -0.39 is 240 Å². The van der Waals surface area contributed by atoms with Crippen LogP contribution >= 0.6 is 68.8 Å². The quantitative estimate of drug-likeness (QED) is 0.00777. The van der Waals surface area contributed by atoms with E-state index in [4.69, 9.17) is 72.6 Å². The minimum atomic E-state index is -5.86. The molecule has 149 heavy (non-hydrogen) atoms. The van der Waals surface area contributed by atoms with Crippen molar-refractivity contribution in [1.29, 1.82) is 0 Å². The van der Waals surface area contributed by atoms with E-state index in [9.17, 15) is 124 Å². The van der Waals surface area contributed by atoms with Gasteiger partial charge in [-0.05, 0) is 139 Å². The molecule has 0 aliphatic carbocycles. The number of carboxylic acids is 2. The number of nitrogens with two attached hydrogens (primary N) is 1. The number of carbonyl (C=O) groups excluding carboxylic acids is 7. The van der Waals surface area contributed by atoms with Crippen molar-refractivity contribution in [2.24, 2.45) is 5.73 Å². The van der Waals surface area contributed by atoms with E-state index in [1.807, 2.05) is 11.9 Å². The van der Waals surface area contributed by atoms with Crippen molar-refractivity contribution in [3.8, 4) is 17.2 Å². The number of anilines is 3. The number of phosphoric ester groups is 3. The Balaban J connectivity index is 0.000000212. The lowest BCUT2D eigenvalue weighted by Gasteiger charge is -2.32. The number of hydrogen-bond donors (Lipinski definition) is 8. The molecule has 3 fully saturated rings. The highest BCUT2D eigenvalue weighted by Gasteiger charge is 2.55. The number of para-hydroxylation sites is 4. The monoisotopic (exact) mass is 2300 g/mol. The van der Waals surface area contributed by atoms with Gasteiger partial charge in [-0.25, -0.2) is 43.2 Å². The molecular formula is C87H85IN10O45P6-6. The van der Waals surface area contributed by atoms with Crippen LogP contribution in [0.4, 0.5) is 36.5 Å². The van der Waals surface area contributed by atoms with E-state index in [2.05, 4.69) is 47.9 Å². The van der Waals surface area contributed by atoms with Gasteiger partial charge in [0.15, 0.2) is 64.4 Å². The van der Waals surface area contributed by atoms with Gasteiger partial charge in [0.25, 0.3) is 29.0 Å². The van der Waals surface area contributed by atoms with Crippen molar-refractivity contribution >= 4 is 146 Å². The van der Waals surface area contributed by atoms with Crippen LogP contribution in [-0.2, 0) is 106 Å². The molecule has 0 radical (unpaired) electrons. The largest absolute Gasteiger partial charge is 0.778 e. The number of H-pyrrole nitrogens is 1. The average molecular weight is 2300 g/mol. The second-order valence-corrected chi connectivity index (χ2v) is 42.3. The van der Waals surface area contributed by atoms with Crippen molar-refractivity contribution < 1.29 is 194 Å². The summed E-state index contributed by atoms with van der Waals surface area (Å²) < 4.78 is 164. The third-order valence-corrected chi connectivity index (χ3v) is 30.7. The highest BCUT2D eigenvalue weighted by Crippen LogP contribution is 2.58. The standard InChI is InChI=1S/C30H33N3O17P2.C29H25IN2O13P2.C28H33N5O15P2/c1-2-3-14-23(34)31-22-15-16-33(28(37)32-22)27-26(49-30(39)46-20-12-8-5-9-13-20)25(48-29(38)45-19-10-6-4-7-11-19)21(47-27)17-44-52(42,43)50-51(40,41)18-24(35)36;30-20-13-7-8-14-22(20)46(37,38)45-47(39,40)41-17-21-24(43-27(34)18-9-3-1-4-10-18)25(44-28(35)19-11-5-2-6-12-19)26(42-21)32-16-15-23(33)31-29(32)36;29-19(25(35)36)12-7-15-49(40,41)48-50(42,43)44-16-20-22(34)23(47-28(39)45-18-10-5-2-6-11-18)24(46-20)33-14-13-21(32-27(33)38)31-26(37)30-17-8-3-1-4-9-17/h4-13,15-16,21,25-27H,2-3,14,17-18H2,1H3,(H,35,36)(H,40,41)(H,42,43)(H,31,32,34,37);1-16,21,24-26H,17H2,(H,37,38)(H,39,40)(H,31,33,36);1-6,8-11,13-14,19-20,22-24,34H,7,12,15-16,29H2,(H,35,36)(H,40,41)(H,42,43)(H2,30,31,32,37,38)/p-6/t21-,25+,26?,27-;21-,24+,25?,26-;19?,20-,22+,23?,24-/m111/s1. The van der Waals surface area contributed by atoms with E-state index in [0.717, 1.165) is 50.8 Å². The lowest BCUT2D eigenvalue weighted by Crippen LogP contribution is -2.43. The summed E-state index contributed by atoms with van der Waals surface area (Å²) in [6.07, 6.45) is -23.6. The molecule has 6 heterocycles. The first-order chi connectivity index (χ1) is 70.6. The van der Waals surface area contributed by atoms with Crippen molar-refractivity contribution in [3.05, 3.63) is 300 Å². The van der Waals surface area contributed by atoms with E-state index in [1.165, 1.54) is 115 Å². The number of carboxylic acid groups (broad SMARTS) is 2. The Labute approximate surface area is 852 Å². The molecule has 19 atom stereocenters. The molecule has 0 saturated carbocycles. The number of urea groups is 1. The van der Waals surface area contributed by atoms with Gasteiger partial charge in [-0.3, -0.25) is 69.8 Å². The maximum Gasteiger partial charge on any atom is 0.514 e. The molecule has 10 aromatic rings. The Kier molecular flexibility index (Phi) is 41.6. The third kappa shape index (κ3) is 35.5. The molecule has 10 unspecified atom stereocenters. The molecule has 796 valence electrons. The van der Waals surface area contributed by atoms with Crippen LogP contribution in [0.25, 0.3) is 0 Å². The van der Waals surface area contributed by atoms with Crippen molar-refractivity contribution in [1.82, 2.24) is 28.7 Å². The smallest absolute Gasteiger partial charge is 0.514 e. The van der Waals surface area contributed by atoms with Crippen LogP contribution in [0.2, 0.25) is 0 Å². The minimum absolute atomic E-state index is 0.00389. The molecule has 3 aliphatic rings. The van der Waals surface area contributed by atoms with Crippen LogP contribution in [0.1, 0.15) is 78.4 Å². The third-order valence-electron chi connectivity index (χ3n) is 20.1. The van der Waals surface area contributed by atoms with Gasteiger partial charge in [-0.2, -0.15) is 9.97 Å². The van der Waals surface area contributed by atoms with Crippen LogP contribution in [0.3, 0.4) is 0 Å². The van der Waals surface area contributed by atoms with Gasteiger partial charge in [0.05, 0.1) is 30.9 Å². The number of nitrogens with zero attached hydrogens (tertiary/aromatic N) is 5. The predicted octanol–water partition coefficient (Wildman–Crippen LogP) is 5.42. The molecule has 55 nitrogen and oxygen atoms in total. The lowest BCUT2D eigenvalue weighted by atomic mass is 10.1. The molecular weight excluding hydrogens is 2220 g/mol. The number of benzene rings is 7. The number of nitrogens with one attached hydrogen (secondary N) is 4. The Hall–Kier alpha value is -13.2. The number of halogens is 1. The maximum atomic E-state index is 13.2. The molecule has 7 aromatic carbocycles. The van der Waals surface area contributed by atoms with Crippen molar-refractivity contribution in [2.75, 3.05) is 48.1 Å². The lowest BCUT2D eigenvalue weighted by molar-refractivity contribution is -0.236. The number of carbonyl (C=O) groups is 9. The van der Waals surface area contributed by atoms with Crippen LogP contribution in [0, 0.1) is 3.57 Å². The Morgan fingerprint density at radius 3 is 1.34 bits per heavy atom. The number of aliphatic carboxylic acids is 2. The first kappa shape index (κ1) is 116. The summed E-state index contributed by atoms with van der Waals surface area (Å²) in [6.45, 7) is -1.44. The second kappa shape index (κ2) is 53.3. The summed E-state index contributed by atoms with van der Waals surface area (Å²) >= 11 is 1.69. The fraction of sp³-hybridized carbons (Fsp3) is 0.276. The molecule has 0 bridgehead atoms. The summed E-state index contributed by atoms with van der Waals surface area (Å²) in [5.74, 6) is -5.87. The van der Waals surface area contributed by atoms with Gasteiger partial charge >= 0.3 is 65.4 Å². The number of ether oxygens (including phenoxy) is 11. The molecule has 9 N–H and O–H groups in total. The van der Waals surface area contributed by atoms with Gasteiger partial charge < -0.3 is 140 Å². The average Bonchev–Trinajstić information content (AvgIpc) is 1.63. The van der Waals surface area contributed by atoms with Crippen molar-refractivity contribution in [2.45, 2.75) is 119 Å².